The van der Waals surface area contributed by atoms with Crippen molar-refractivity contribution in [3.8, 4) is 23.0 Å². The Bertz CT molecular complexity index is 1510. The Morgan fingerprint density at radius 2 is 1.02 bits per heavy atom. The van der Waals surface area contributed by atoms with Crippen molar-refractivity contribution in [1.29, 1.82) is 0 Å². The number of halogens is 2. The Morgan fingerprint density at radius 3 is 1.40 bits per heavy atom. The first-order valence-corrected chi connectivity index (χ1v) is 19.2. The lowest BCUT2D eigenvalue weighted by atomic mass is 9.78. The molecule has 4 nitrogen and oxygen atoms in total. The molecule has 2 saturated carbocycles. The lowest BCUT2D eigenvalue weighted by molar-refractivity contribution is 0.416. The van der Waals surface area contributed by atoms with Gasteiger partial charge < -0.3 is 20.9 Å². The fraction of sp³-hybridized carbons (Fsp3) is 0.415. The van der Waals surface area contributed by atoms with Crippen LogP contribution in [0.4, 0.5) is 11.4 Å². The van der Waals surface area contributed by atoms with Gasteiger partial charge in [-0.2, -0.15) is 0 Å². The number of ether oxygens (including phenoxy) is 2. The summed E-state index contributed by atoms with van der Waals surface area (Å²) in [7, 11) is 0. The Labute approximate surface area is 297 Å². The number of benzene rings is 4. The zero-order valence-corrected chi connectivity index (χ0v) is 30.8. The van der Waals surface area contributed by atoms with Crippen LogP contribution in [0.15, 0.2) is 81.7 Å². The Balaban J connectivity index is 1.44. The molecule has 47 heavy (non-hydrogen) atoms. The number of nitrogen functional groups attached to an aromatic ring is 2. The van der Waals surface area contributed by atoms with Gasteiger partial charge in [-0.15, -0.1) is 0 Å². The van der Waals surface area contributed by atoms with Crippen molar-refractivity contribution in [2.45, 2.75) is 108 Å². The van der Waals surface area contributed by atoms with E-state index in [9.17, 15) is 0 Å². The first kappa shape index (κ1) is 33.9. The van der Waals surface area contributed by atoms with Crippen LogP contribution in [0.1, 0.15) is 130 Å². The summed E-state index contributed by atoms with van der Waals surface area (Å²) in [6.07, 6.45) is 15.9. The van der Waals surface area contributed by atoms with Gasteiger partial charge in [-0.3, -0.25) is 0 Å². The molecule has 4 N–H and O–H groups in total. The number of hydrogen-bond donors (Lipinski definition) is 2. The third-order valence-corrected chi connectivity index (χ3v) is 11.3. The van der Waals surface area contributed by atoms with Crippen molar-refractivity contribution in [3.63, 3.8) is 0 Å². The topological polar surface area (TPSA) is 70.5 Å². The molecule has 6 rings (SSSR count). The quantitative estimate of drug-likeness (QED) is 0.149. The third kappa shape index (κ3) is 8.37. The van der Waals surface area contributed by atoms with E-state index in [2.05, 4.69) is 63.0 Å². The second-order valence-corrected chi connectivity index (χ2v) is 15.3. The highest BCUT2D eigenvalue weighted by molar-refractivity contribution is 9.11. The summed E-state index contributed by atoms with van der Waals surface area (Å²) in [5.74, 6) is 4.72. The van der Waals surface area contributed by atoms with Crippen molar-refractivity contribution >= 4 is 43.2 Å². The fourth-order valence-corrected chi connectivity index (χ4v) is 8.71. The summed E-state index contributed by atoms with van der Waals surface area (Å²) in [5.41, 5.74) is 18.8. The molecule has 4 aromatic carbocycles. The molecule has 0 atom stereocenters. The first-order valence-electron chi connectivity index (χ1n) is 17.6. The van der Waals surface area contributed by atoms with E-state index in [-0.39, 0.29) is 5.92 Å². The van der Waals surface area contributed by atoms with Crippen LogP contribution in [0, 0.1) is 0 Å². The van der Waals surface area contributed by atoms with Crippen molar-refractivity contribution in [2.24, 2.45) is 0 Å². The summed E-state index contributed by atoms with van der Waals surface area (Å²) in [4.78, 5) is 0. The van der Waals surface area contributed by atoms with E-state index in [1.807, 2.05) is 48.5 Å². The average Bonchev–Trinajstić information content (AvgIpc) is 3.09. The Hall–Kier alpha value is -2.96. The molecule has 2 aliphatic carbocycles. The first-order chi connectivity index (χ1) is 22.9. The van der Waals surface area contributed by atoms with E-state index >= 15 is 0 Å². The van der Waals surface area contributed by atoms with Crippen LogP contribution in [0.2, 0.25) is 0 Å². The van der Waals surface area contributed by atoms with Crippen LogP contribution in [0.3, 0.4) is 0 Å². The van der Waals surface area contributed by atoms with Gasteiger partial charge in [0.15, 0.2) is 0 Å². The average molecular weight is 761 g/mol. The molecule has 0 spiro atoms. The standard InChI is InChI=1S/C41H48Br2N2O2/c1-2-3-14-35(29-23-36(27-10-6-4-7-11-27)40(38(42)25-29)46-33-19-15-31(44)16-20-33)30-24-37(28-12-8-5-9-13-28)41(39(43)26-30)47-34-21-17-32(45)18-22-34/h15-28,35H,2-14,44-45H2,1H3. The highest BCUT2D eigenvalue weighted by atomic mass is 79.9. The van der Waals surface area contributed by atoms with E-state index in [4.69, 9.17) is 20.9 Å². The van der Waals surface area contributed by atoms with Gasteiger partial charge in [0, 0.05) is 17.3 Å². The molecule has 0 heterocycles. The third-order valence-electron chi connectivity index (χ3n) is 10.1. The monoisotopic (exact) mass is 758 g/mol. The second kappa shape index (κ2) is 16.0. The second-order valence-electron chi connectivity index (χ2n) is 13.5. The minimum atomic E-state index is 0.253. The molecule has 248 valence electrons. The molecular formula is C41H48Br2N2O2. The number of unbranched alkanes of at least 4 members (excludes halogenated alkanes) is 1. The van der Waals surface area contributed by atoms with Crippen LogP contribution in [0.25, 0.3) is 0 Å². The summed E-state index contributed by atoms with van der Waals surface area (Å²) in [5, 5.41) is 0. The lowest BCUT2D eigenvalue weighted by Gasteiger charge is -2.29. The van der Waals surface area contributed by atoms with E-state index in [0.29, 0.717) is 11.8 Å². The van der Waals surface area contributed by atoms with Gasteiger partial charge >= 0.3 is 0 Å². The smallest absolute Gasteiger partial charge is 0.145 e. The molecule has 0 unspecified atom stereocenters. The fourth-order valence-electron chi connectivity index (χ4n) is 7.57. The van der Waals surface area contributed by atoms with E-state index in [1.54, 1.807) is 0 Å². The van der Waals surface area contributed by atoms with E-state index in [0.717, 1.165) is 62.6 Å². The van der Waals surface area contributed by atoms with Crippen molar-refractivity contribution in [2.75, 3.05) is 11.5 Å². The number of rotatable bonds is 11. The van der Waals surface area contributed by atoms with E-state index in [1.165, 1.54) is 86.5 Å². The van der Waals surface area contributed by atoms with Gasteiger partial charge in [-0.05, 0) is 159 Å². The molecule has 2 fully saturated rings. The Kier molecular flexibility index (Phi) is 11.5. The minimum absolute atomic E-state index is 0.253. The van der Waals surface area contributed by atoms with Crippen LogP contribution < -0.4 is 20.9 Å². The van der Waals surface area contributed by atoms with Crippen LogP contribution in [0.5, 0.6) is 23.0 Å². The molecule has 0 amide bonds. The minimum Gasteiger partial charge on any atom is -0.456 e. The number of nitrogens with two attached hydrogens (primary N) is 2. The molecular weight excluding hydrogens is 712 g/mol. The lowest BCUT2D eigenvalue weighted by Crippen LogP contribution is -2.11. The van der Waals surface area contributed by atoms with Crippen molar-refractivity contribution < 1.29 is 9.47 Å². The molecule has 0 aromatic heterocycles. The normalized spacial score (nSPS) is 16.0. The van der Waals surface area contributed by atoms with Crippen LogP contribution in [-0.4, -0.2) is 0 Å². The molecule has 0 saturated heterocycles. The summed E-state index contributed by atoms with van der Waals surface area (Å²) in [6.45, 7) is 2.29. The van der Waals surface area contributed by atoms with Gasteiger partial charge in [0.1, 0.15) is 23.0 Å². The van der Waals surface area contributed by atoms with Crippen LogP contribution >= 0.6 is 31.9 Å². The maximum Gasteiger partial charge on any atom is 0.145 e. The van der Waals surface area contributed by atoms with Gasteiger partial charge in [-0.25, -0.2) is 0 Å². The maximum atomic E-state index is 6.63. The Morgan fingerprint density at radius 1 is 0.617 bits per heavy atom. The highest BCUT2D eigenvalue weighted by Gasteiger charge is 2.28. The summed E-state index contributed by atoms with van der Waals surface area (Å²) >= 11 is 8.01. The zero-order chi connectivity index (χ0) is 32.8. The summed E-state index contributed by atoms with van der Waals surface area (Å²) < 4.78 is 15.3. The van der Waals surface area contributed by atoms with Gasteiger partial charge in [0.25, 0.3) is 0 Å². The van der Waals surface area contributed by atoms with Gasteiger partial charge in [0.2, 0.25) is 0 Å². The summed E-state index contributed by atoms with van der Waals surface area (Å²) in [6, 6.07) is 25.0. The molecule has 2 aliphatic rings. The predicted octanol–water partition coefficient (Wildman–Crippen LogP) is 13.4. The molecule has 6 heteroatoms. The highest BCUT2D eigenvalue weighted by Crippen LogP contribution is 2.48. The molecule has 0 aliphatic heterocycles. The molecule has 0 radical (unpaired) electrons. The van der Waals surface area contributed by atoms with Crippen LogP contribution in [-0.2, 0) is 0 Å². The molecule has 0 bridgehead atoms. The van der Waals surface area contributed by atoms with E-state index < -0.39 is 0 Å². The predicted molar refractivity (Wildman–Crippen MR) is 203 cm³/mol. The van der Waals surface area contributed by atoms with Crippen molar-refractivity contribution in [1.82, 2.24) is 0 Å². The van der Waals surface area contributed by atoms with Gasteiger partial charge in [-0.1, -0.05) is 70.4 Å². The molecule has 4 aromatic rings. The van der Waals surface area contributed by atoms with Crippen molar-refractivity contribution in [3.05, 3.63) is 104 Å². The zero-order valence-electron chi connectivity index (χ0n) is 27.6. The SMILES string of the molecule is CCCCC(c1cc(Br)c(Oc2ccc(N)cc2)c(C2CCCCC2)c1)c1cc(Br)c(Oc2ccc(N)cc2)c(C2CCCCC2)c1. The number of hydrogen-bond acceptors (Lipinski definition) is 4. The number of anilines is 2. The van der Waals surface area contributed by atoms with Gasteiger partial charge in [0.05, 0.1) is 8.95 Å². The largest absolute Gasteiger partial charge is 0.456 e. The maximum absolute atomic E-state index is 6.63.